The van der Waals surface area contributed by atoms with Crippen molar-refractivity contribution >= 4 is 22.0 Å². The van der Waals surface area contributed by atoms with Gasteiger partial charge in [0.1, 0.15) is 6.54 Å². The molecular weight excluding hydrogens is 298 g/mol. The monoisotopic (exact) mass is 321 g/mol. The van der Waals surface area contributed by atoms with E-state index in [0.29, 0.717) is 25.7 Å². The number of carbonyl (C=O) groups is 2. The third kappa shape index (κ3) is 4.41. The summed E-state index contributed by atoms with van der Waals surface area (Å²) < 4.78 is 31.1. The molecule has 0 aliphatic heterocycles. The van der Waals surface area contributed by atoms with E-state index in [1.807, 2.05) is 0 Å². The van der Waals surface area contributed by atoms with Crippen molar-refractivity contribution in [3.05, 3.63) is 0 Å². The second kappa shape index (κ2) is 7.74. The quantitative estimate of drug-likeness (QED) is 0.665. The van der Waals surface area contributed by atoms with Gasteiger partial charge in [0.15, 0.2) is 0 Å². The van der Waals surface area contributed by atoms with Crippen molar-refractivity contribution in [3.63, 3.8) is 0 Å². The van der Waals surface area contributed by atoms with E-state index >= 15 is 0 Å². The van der Waals surface area contributed by atoms with Crippen LogP contribution in [0.15, 0.2) is 0 Å². The summed E-state index contributed by atoms with van der Waals surface area (Å²) in [5.74, 6) is -2.59. The van der Waals surface area contributed by atoms with Gasteiger partial charge in [-0.1, -0.05) is 13.3 Å². The largest absolute Gasteiger partial charge is 0.481 e. The Hall–Kier alpha value is -1.15. The summed E-state index contributed by atoms with van der Waals surface area (Å²) in [6.45, 7) is 3.46. The molecule has 1 N–H and O–H groups in total. The first-order valence-corrected chi connectivity index (χ1v) is 8.72. The molecule has 0 aromatic rings. The lowest BCUT2D eigenvalue weighted by Crippen LogP contribution is -2.45. The Kier molecular flexibility index (Phi) is 6.60. The Morgan fingerprint density at radius 1 is 1.29 bits per heavy atom. The van der Waals surface area contributed by atoms with Gasteiger partial charge in [0.05, 0.1) is 17.8 Å². The number of esters is 1. The molecule has 0 heterocycles. The van der Waals surface area contributed by atoms with Gasteiger partial charge < -0.3 is 9.84 Å². The van der Waals surface area contributed by atoms with Crippen LogP contribution in [0, 0.1) is 5.92 Å². The van der Waals surface area contributed by atoms with Crippen molar-refractivity contribution in [1.29, 1.82) is 0 Å². The Labute approximate surface area is 125 Å². The van der Waals surface area contributed by atoms with Crippen molar-refractivity contribution in [2.75, 3.05) is 19.7 Å². The van der Waals surface area contributed by atoms with E-state index in [1.165, 1.54) is 0 Å². The van der Waals surface area contributed by atoms with Crippen molar-refractivity contribution in [1.82, 2.24) is 4.31 Å². The molecule has 0 bridgehead atoms. The molecule has 1 aliphatic carbocycles. The maximum atomic E-state index is 12.6. The summed E-state index contributed by atoms with van der Waals surface area (Å²) in [4.78, 5) is 22.7. The number of aliphatic carboxylic acids is 1. The third-order valence-electron chi connectivity index (χ3n) is 3.60. The number of sulfonamides is 1. The van der Waals surface area contributed by atoms with Gasteiger partial charge in [-0.15, -0.1) is 0 Å². The molecule has 2 unspecified atom stereocenters. The second-order valence-electron chi connectivity index (χ2n) is 5.10. The Bertz CT molecular complexity index is 475. The molecule has 0 radical (unpaired) electrons. The van der Waals surface area contributed by atoms with Crippen molar-refractivity contribution in [3.8, 4) is 0 Å². The Morgan fingerprint density at radius 3 is 2.48 bits per heavy atom. The zero-order chi connectivity index (χ0) is 16.0. The average molecular weight is 321 g/mol. The zero-order valence-corrected chi connectivity index (χ0v) is 13.3. The number of carboxylic acid groups (broad SMARTS) is 1. The molecule has 21 heavy (non-hydrogen) atoms. The van der Waals surface area contributed by atoms with E-state index in [4.69, 9.17) is 9.84 Å². The predicted molar refractivity (Wildman–Crippen MR) is 76.2 cm³/mol. The molecule has 8 heteroatoms. The number of carboxylic acids is 1. The van der Waals surface area contributed by atoms with Crippen LogP contribution in [0.1, 0.15) is 39.5 Å². The van der Waals surface area contributed by atoms with Gasteiger partial charge in [0.25, 0.3) is 0 Å². The lowest BCUT2D eigenvalue weighted by molar-refractivity contribution is -0.143. The van der Waals surface area contributed by atoms with Gasteiger partial charge in [-0.05, 0) is 26.2 Å². The molecule has 1 fully saturated rings. The van der Waals surface area contributed by atoms with E-state index in [0.717, 1.165) is 4.31 Å². The highest BCUT2D eigenvalue weighted by molar-refractivity contribution is 7.89. The number of hydrogen-bond acceptors (Lipinski definition) is 5. The Morgan fingerprint density at radius 2 is 1.95 bits per heavy atom. The Balaban J connectivity index is 2.93. The highest BCUT2D eigenvalue weighted by Crippen LogP contribution is 2.33. The molecule has 0 aromatic heterocycles. The molecule has 122 valence electrons. The van der Waals surface area contributed by atoms with Crippen LogP contribution in [0.25, 0.3) is 0 Å². The first-order chi connectivity index (χ1) is 9.84. The molecule has 0 aromatic carbocycles. The molecule has 0 spiro atoms. The van der Waals surface area contributed by atoms with Gasteiger partial charge in [-0.25, -0.2) is 8.42 Å². The van der Waals surface area contributed by atoms with E-state index in [1.54, 1.807) is 13.8 Å². The van der Waals surface area contributed by atoms with Crippen LogP contribution >= 0.6 is 0 Å². The SMILES string of the molecule is CCCN(CC(=O)OCC)S(=O)(=O)C1CCCC1C(=O)O. The smallest absolute Gasteiger partial charge is 0.321 e. The predicted octanol–water partition coefficient (Wildman–Crippen LogP) is 0.845. The van der Waals surface area contributed by atoms with Crippen LogP contribution in [-0.2, 0) is 24.3 Å². The van der Waals surface area contributed by atoms with Gasteiger partial charge in [0.2, 0.25) is 10.0 Å². The lowest BCUT2D eigenvalue weighted by Gasteiger charge is -2.26. The van der Waals surface area contributed by atoms with Crippen molar-refractivity contribution in [2.45, 2.75) is 44.8 Å². The van der Waals surface area contributed by atoms with Crippen molar-refractivity contribution < 1.29 is 27.9 Å². The van der Waals surface area contributed by atoms with Gasteiger partial charge >= 0.3 is 11.9 Å². The van der Waals surface area contributed by atoms with E-state index < -0.39 is 33.1 Å². The third-order valence-corrected chi connectivity index (χ3v) is 5.96. The van der Waals surface area contributed by atoms with Crippen LogP contribution in [-0.4, -0.2) is 54.7 Å². The van der Waals surface area contributed by atoms with E-state index in [2.05, 4.69) is 0 Å². The summed E-state index contributed by atoms with van der Waals surface area (Å²) >= 11 is 0. The zero-order valence-electron chi connectivity index (χ0n) is 12.4. The standard InChI is InChI=1S/C13H23NO6S/c1-3-8-14(9-12(15)20-4-2)21(18,19)11-7-5-6-10(11)13(16)17/h10-11H,3-9H2,1-2H3,(H,16,17). The fourth-order valence-electron chi connectivity index (χ4n) is 2.65. The normalized spacial score (nSPS) is 22.4. The lowest BCUT2D eigenvalue weighted by atomic mass is 10.1. The first kappa shape index (κ1) is 17.9. The minimum atomic E-state index is -3.82. The molecule has 0 amide bonds. The number of carbonyl (C=O) groups excluding carboxylic acids is 1. The fourth-order valence-corrected chi connectivity index (χ4v) is 4.89. The minimum absolute atomic E-state index is 0.181. The number of nitrogens with zero attached hydrogens (tertiary/aromatic N) is 1. The minimum Gasteiger partial charge on any atom is -0.481 e. The summed E-state index contributed by atoms with van der Waals surface area (Å²) in [7, 11) is -3.82. The van der Waals surface area contributed by atoms with Gasteiger partial charge in [0, 0.05) is 6.54 Å². The van der Waals surface area contributed by atoms with Crippen LogP contribution in [0.4, 0.5) is 0 Å². The summed E-state index contributed by atoms with van der Waals surface area (Å²) in [6.07, 6.45) is 1.80. The van der Waals surface area contributed by atoms with Crippen LogP contribution in [0.3, 0.4) is 0 Å². The van der Waals surface area contributed by atoms with E-state index in [9.17, 15) is 18.0 Å². The number of hydrogen-bond donors (Lipinski definition) is 1. The maximum Gasteiger partial charge on any atom is 0.321 e. The average Bonchev–Trinajstić information content (AvgIpc) is 2.88. The molecule has 0 saturated heterocycles. The highest BCUT2D eigenvalue weighted by atomic mass is 32.2. The number of rotatable bonds is 8. The summed E-state index contributed by atoms with van der Waals surface area (Å²) in [5.41, 5.74) is 0. The highest BCUT2D eigenvalue weighted by Gasteiger charge is 2.44. The first-order valence-electron chi connectivity index (χ1n) is 7.21. The summed E-state index contributed by atoms with van der Waals surface area (Å²) in [5, 5.41) is 8.20. The number of ether oxygens (including phenoxy) is 1. The van der Waals surface area contributed by atoms with Crippen LogP contribution in [0.2, 0.25) is 0 Å². The van der Waals surface area contributed by atoms with E-state index in [-0.39, 0.29) is 19.7 Å². The topological polar surface area (TPSA) is 101 Å². The molecular formula is C13H23NO6S. The molecule has 2 atom stereocenters. The van der Waals surface area contributed by atoms with Crippen LogP contribution in [0.5, 0.6) is 0 Å². The molecule has 7 nitrogen and oxygen atoms in total. The second-order valence-corrected chi connectivity index (χ2v) is 7.25. The maximum absolute atomic E-state index is 12.6. The molecule has 1 rings (SSSR count). The fraction of sp³-hybridized carbons (Fsp3) is 0.846. The van der Waals surface area contributed by atoms with Gasteiger partial charge in [-0.2, -0.15) is 4.31 Å². The summed E-state index contributed by atoms with van der Waals surface area (Å²) in [6, 6.07) is 0. The van der Waals surface area contributed by atoms with Crippen molar-refractivity contribution in [2.24, 2.45) is 5.92 Å². The van der Waals surface area contributed by atoms with Gasteiger partial charge in [-0.3, -0.25) is 9.59 Å². The van der Waals surface area contributed by atoms with Crippen LogP contribution < -0.4 is 0 Å². The molecule has 1 aliphatic rings. The molecule has 1 saturated carbocycles.